The molecule has 0 fully saturated rings. The number of nitrogens with zero attached hydrogens (tertiary/aromatic N) is 3. The highest BCUT2D eigenvalue weighted by Crippen LogP contribution is 2.25. The summed E-state index contributed by atoms with van der Waals surface area (Å²) in [5.41, 5.74) is 2.41. The lowest BCUT2D eigenvalue weighted by atomic mass is 10.1. The molecule has 42 heavy (non-hydrogen) atoms. The number of hydrogen-bond acceptors (Lipinski definition) is 4. The van der Waals surface area contributed by atoms with Crippen molar-refractivity contribution in [1.82, 2.24) is 25.1 Å². The molecule has 1 aromatic heterocycles. The molecule has 0 saturated heterocycles. The number of aromatic nitrogens is 2. The SMILES string of the molecule is C=C/C(=C\C=C(/CC)C(=O)N(CC)CCC)C(=O)NC(CCC(=O)N(CC)CC)c1nc2c([nH]1)C=C(Cl)CC=C2.CC. The number of carbonyl (C=O) groups excluding carboxylic acids is 3. The van der Waals surface area contributed by atoms with Gasteiger partial charge in [-0.05, 0) is 58.3 Å². The maximum absolute atomic E-state index is 13.4. The first-order valence-electron chi connectivity index (χ1n) is 15.3. The van der Waals surface area contributed by atoms with Gasteiger partial charge in [-0.1, -0.05) is 64.1 Å². The lowest BCUT2D eigenvalue weighted by molar-refractivity contribution is -0.131. The maximum Gasteiger partial charge on any atom is 0.251 e. The van der Waals surface area contributed by atoms with Crippen molar-refractivity contribution in [2.24, 2.45) is 0 Å². The van der Waals surface area contributed by atoms with Crippen molar-refractivity contribution in [3.05, 3.63) is 64.3 Å². The van der Waals surface area contributed by atoms with Gasteiger partial charge in [-0.3, -0.25) is 14.4 Å². The van der Waals surface area contributed by atoms with Crippen molar-refractivity contribution >= 4 is 41.5 Å². The smallest absolute Gasteiger partial charge is 0.251 e. The van der Waals surface area contributed by atoms with Crippen LogP contribution in [0.2, 0.25) is 0 Å². The lowest BCUT2D eigenvalue weighted by Gasteiger charge is -2.21. The van der Waals surface area contributed by atoms with Gasteiger partial charge in [-0.15, -0.1) is 0 Å². The second-order valence-corrected chi connectivity index (χ2v) is 9.99. The molecule has 9 heteroatoms. The van der Waals surface area contributed by atoms with Crippen LogP contribution >= 0.6 is 11.6 Å². The number of amides is 3. The number of imidazole rings is 1. The van der Waals surface area contributed by atoms with Crippen LogP contribution in [0.4, 0.5) is 0 Å². The number of carbonyl (C=O) groups is 3. The van der Waals surface area contributed by atoms with Gasteiger partial charge in [0.2, 0.25) is 11.8 Å². The van der Waals surface area contributed by atoms with Crippen molar-refractivity contribution in [3.8, 4) is 0 Å². The van der Waals surface area contributed by atoms with E-state index >= 15 is 0 Å². The first kappa shape index (κ1) is 36.6. The second kappa shape index (κ2) is 19.7. The second-order valence-electron chi connectivity index (χ2n) is 9.51. The number of nitrogens with one attached hydrogen (secondary N) is 2. The third-order valence-corrected chi connectivity index (χ3v) is 7.10. The molecule has 3 amide bonds. The van der Waals surface area contributed by atoms with Gasteiger partial charge in [0.25, 0.3) is 5.91 Å². The van der Waals surface area contributed by atoms with E-state index in [2.05, 4.69) is 16.9 Å². The topological polar surface area (TPSA) is 98.4 Å². The monoisotopic (exact) mass is 599 g/mol. The number of aromatic amines is 1. The first-order chi connectivity index (χ1) is 20.2. The first-order valence-corrected chi connectivity index (χ1v) is 15.6. The Labute approximate surface area is 257 Å². The Morgan fingerprint density at radius 2 is 1.76 bits per heavy atom. The summed E-state index contributed by atoms with van der Waals surface area (Å²) in [4.78, 5) is 50.7. The number of hydrogen-bond donors (Lipinski definition) is 2. The Hall–Kier alpha value is -3.39. The van der Waals surface area contributed by atoms with Gasteiger partial charge in [0, 0.05) is 55.2 Å². The van der Waals surface area contributed by atoms with Gasteiger partial charge in [0.15, 0.2) is 0 Å². The fourth-order valence-electron chi connectivity index (χ4n) is 4.49. The molecular weight excluding hydrogens is 550 g/mol. The van der Waals surface area contributed by atoms with Crippen LogP contribution in [-0.2, 0) is 14.4 Å². The molecule has 1 atom stereocenters. The number of allylic oxidation sites excluding steroid dienone is 4. The maximum atomic E-state index is 13.4. The summed E-state index contributed by atoms with van der Waals surface area (Å²) in [6.45, 7) is 20.2. The highest BCUT2D eigenvalue weighted by atomic mass is 35.5. The standard InChI is InChI=1S/C31H44ClN5O3.C2H6/c1-7-20-37(12-6)31(40)23(9-3)17-16-22(8-2)30(39)35-26(18-19-28(38)36(10-4)11-5)29-33-25-15-13-14-24(32)21-27(25)34-29;1-2/h8,13,15-17,21,26H,2,7,9-12,14,18-20H2,1,3-6H3,(H,33,34)(H,35,39);1-2H3/b22-16+,23-17+;. The number of rotatable bonds is 15. The molecule has 0 spiro atoms. The van der Waals surface area contributed by atoms with E-state index in [0.29, 0.717) is 67.4 Å². The average Bonchev–Trinajstić information content (AvgIpc) is 3.30. The van der Waals surface area contributed by atoms with Crippen molar-refractivity contribution in [1.29, 1.82) is 0 Å². The number of halogens is 1. The van der Waals surface area contributed by atoms with Crippen LogP contribution in [0.3, 0.4) is 0 Å². The van der Waals surface area contributed by atoms with E-state index in [-0.39, 0.29) is 24.1 Å². The summed E-state index contributed by atoms with van der Waals surface area (Å²) in [5, 5.41) is 3.70. The summed E-state index contributed by atoms with van der Waals surface area (Å²) < 4.78 is 0. The normalized spacial score (nSPS) is 13.6. The Morgan fingerprint density at radius 1 is 1.10 bits per heavy atom. The van der Waals surface area contributed by atoms with E-state index in [9.17, 15) is 14.4 Å². The van der Waals surface area contributed by atoms with Crippen molar-refractivity contribution in [3.63, 3.8) is 0 Å². The molecule has 0 aliphatic heterocycles. The van der Waals surface area contributed by atoms with E-state index in [4.69, 9.17) is 16.6 Å². The summed E-state index contributed by atoms with van der Waals surface area (Å²) in [6, 6.07) is -0.556. The van der Waals surface area contributed by atoms with Gasteiger partial charge in [0.1, 0.15) is 5.82 Å². The average molecular weight is 600 g/mol. The molecule has 2 rings (SSSR count). The van der Waals surface area contributed by atoms with E-state index in [1.807, 2.05) is 66.7 Å². The van der Waals surface area contributed by atoms with Crippen LogP contribution in [-0.4, -0.2) is 63.7 Å². The number of likely N-dealkylation sites (N-methyl/N-ethyl adjacent to an activating group) is 1. The highest BCUT2D eigenvalue weighted by molar-refractivity contribution is 6.31. The molecule has 1 aromatic rings. The minimum atomic E-state index is -0.556. The van der Waals surface area contributed by atoms with E-state index < -0.39 is 6.04 Å². The zero-order valence-corrected chi connectivity index (χ0v) is 27.3. The molecule has 1 aliphatic carbocycles. The third kappa shape index (κ3) is 10.8. The van der Waals surface area contributed by atoms with E-state index in [1.54, 1.807) is 22.0 Å². The van der Waals surface area contributed by atoms with Gasteiger partial charge in [0.05, 0.1) is 17.4 Å². The van der Waals surface area contributed by atoms with Crippen LogP contribution in [0.5, 0.6) is 0 Å². The molecule has 0 aromatic carbocycles. The Balaban J connectivity index is 0.00000431. The summed E-state index contributed by atoms with van der Waals surface area (Å²) in [5.74, 6) is 0.156. The molecule has 0 saturated carbocycles. The number of H-pyrrole nitrogens is 1. The molecule has 0 radical (unpaired) electrons. The molecule has 232 valence electrons. The summed E-state index contributed by atoms with van der Waals surface area (Å²) in [6.07, 6.45) is 13.1. The van der Waals surface area contributed by atoms with Crippen LogP contribution in [0.25, 0.3) is 12.2 Å². The van der Waals surface area contributed by atoms with Crippen LogP contribution < -0.4 is 5.32 Å². The van der Waals surface area contributed by atoms with Gasteiger partial charge < -0.3 is 20.1 Å². The molecule has 0 bridgehead atoms. The molecule has 1 unspecified atom stereocenters. The van der Waals surface area contributed by atoms with Crippen LogP contribution in [0, 0.1) is 0 Å². The van der Waals surface area contributed by atoms with Crippen LogP contribution in [0.1, 0.15) is 104 Å². The highest BCUT2D eigenvalue weighted by Gasteiger charge is 2.23. The number of fused-ring (bicyclic) bond motifs is 1. The zero-order valence-electron chi connectivity index (χ0n) is 26.6. The minimum absolute atomic E-state index is 0.0151. The molecule has 1 heterocycles. The molecule has 2 N–H and O–H groups in total. The van der Waals surface area contributed by atoms with Gasteiger partial charge >= 0.3 is 0 Å². The lowest BCUT2D eigenvalue weighted by Crippen LogP contribution is -2.34. The van der Waals surface area contributed by atoms with Crippen molar-refractivity contribution < 1.29 is 14.4 Å². The van der Waals surface area contributed by atoms with Crippen LogP contribution in [0.15, 0.2) is 47.1 Å². The fourth-order valence-corrected chi connectivity index (χ4v) is 4.68. The Morgan fingerprint density at radius 3 is 2.33 bits per heavy atom. The zero-order chi connectivity index (χ0) is 31.7. The Kier molecular flexibility index (Phi) is 17.2. The minimum Gasteiger partial charge on any atom is -0.343 e. The summed E-state index contributed by atoms with van der Waals surface area (Å²) in [7, 11) is 0. The molecular formula is C33H50ClN5O3. The largest absolute Gasteiger partial charge is 0.343 e. The predicted molar refractivity (Wildman–Crippen MR) is 175 cm³/mol. The van der Waals surface area contributed by atoms with Crippen molar-refractivity contribution in [2.45, 2.75) is 86.6 Å². The molecule has 1 aliphatic rings. The van der Waals surface area contributed by atoms with Gasteiger partial charge in [-0.2, -0.15) is 0 Å². The quantitative estimate of drug-likeness (QED) is 0.168. The fraction of sp³-hybridized carbons (Fsp3) is 0.515. The third-order valence-electron chi connectivity index (χ3n) is 6.83. The van der Waals surface area contributed by atoms with E-state index in [1.165, 1.54) is 6.08 Å². The van der Waals surface area contributed by atoms with Gasteiger partial charge in [-0.25, -0.2) is 4.98 Å². The predicted octanol–water partition coefficient (Wildman–Crippen LogP) is 6.95. The Bertz CT molecular complexity index is 1170. The van der Waals surface area contributed by atoms with Crippen molar-refractivity contribution in [2.75, 3.05) is 26.2 Å². The summed E-state index contributed by atoms with van der Waals surface area (Å²) >= 11 is 6.28. The van der Waals surface area contributed by atoms with E-state index in [0.717, 1.165) is 17.8 Å². The molecule has 8 nitrogen and oxygen atoms in total.